The van der Waals surface area contributed by atoms with Crippen LogP contribution in [0.5, 0.6) is 11.5 Å². The Hall–Kier alpha value is -1.84. The molecular weight excluding hydrogens is 308 g/mol. The molecule has 1 fully saturated rings. The SMILES string of the molecule is Clc1cccc(Oc2cncc(C3=C[C@@H]4CNC[C@H](C3)C4)c2)c1. The number of aromatic nitrogens is 1. The maximum Gasteiger partial charge on any atom is 0.146 e. The Morgan fingerprint density at radius 2 is 2.09 bits per heavy atom. The van der Waals surface area contributed by atoms with Crippen LogP contribution >= 0.6 is 11.6 Å². The summed E-state index contributed by atoms with van der Waals surface area (Å²) in [7, 11) is 0. The second-order valence-corrected chi connectivity index (χ2v) is 6.82. The molecule has 0 radical (unpaired) electrons. The fourth-order valence-electron chi connectivity index (χ4n) is 3.54. The Bertz CT molecular complexity index is 744. The number of allylic oxidation sites excluding steroid dienone is 1. The van der Waals surface area contributed by atoms with E-state index >= 15 is 0 Å². The Morgan fingerprint density at radius 1 is 1.13 bits per heavy atom. The molecule has 4 rings (SSSR count). The topological polar surface area (TPSA) is 34.1 Å². The molecule has 2 aliphatic rings. The maximum absolute atomic E-state index is 6.01. The number of halogens is 1. The van der Waals surface area contributed by atoms with Crippen LogP contribution in [0.1, 0.15) is 18.4 Å². The van der Waals surface area contributed by atoms with E-state index < -0.39 is 0 Å². The third-order valence-corrected chi connectivity index (χ3v) is 4.77. The number of hydrogen-bond donors (Lipinski definition) is 1. The lowest BCUT2D eigenvalue weighted by Gasteiger charge is -2.34. The lowest BCUT2D eigenvalue weighted by atomic mass is 9.78. The van der Waals surface area contributed by atoms with Crippen molar-refractivity contribution >= 4 is 17.2 Å². The van der Waals surface area contributed by atoms with E-state index in [4.69, 9.17) is 16.3 Å². The number of benzene rings is 1. The van der Waals surface area contributed by atoms with Gasteiger partial charge in [-0.2, -0.15) is 0 Å². The fourth-order valence-corrected chi connectivity index (χ4v) is 3.72. The number of hydrogen-bond acceptors (Lipinski definition) is 3. The van der Waals surface area contributed by atoms with Crippen molar-refractivity contribution in [2.24, 2.45) is 11.8 Å². The van der Waals surface area contributed by atoms with Crippen LogP contribution in [-0.4, -0.2) is 18.1 Å². The van der Waals surface area contributed by atoms with E-state index in [-0.39, 0.29) is 0 Å². The summed E-state index contributed by atoms with van der Waals surface area (Å²) < 4.78 is 5.90. The molecule has 1 saturated heterocycles. The Morgan fingerprint density at radius 3 is 2.96 bits per heavy atom. The van der Waals surface area contributed by atoms with Crippen LogP contribution in [0.4, 0.5) is 0 Å². The average molecular weight is 327 g/mol. The highest BCUT2D eigenvalue weighted by Gasteiger charge is 2.26. The highest BCUT2D eigenvalue weighted by molar-refractivity contribution is 6.30. The van der Waals surface area contributed by atoms with Crippen molar-refractivity contribution in [1.82, 2.24) is 10.3 Å². The molecule has 2 atom stereocenters. The number of nitrogens with zero attached hydrogens (tertiary/aromatic N) is 1. The van der Waals surface area contributed by atoms with E-state index in [9.17, 15) is 0 Å². The molecule has 4 heteroatoms. The molecule has 1 aromatic carbocycles. The zero-order chi connectivity index (χ0) is 15.6. The first-order valence-electron chi connectivity index (χ1n) is 8.06. The summed E-state index contributed by atoms with van der Waals surface area (Å²) in [6.07, 6.45) is 8.51. The van der Waals surface area contributed by atoms with Crippen LogP contribution in [0.2, 0.25) is 5.02 Å². The number of fused-ring (bicyclic) bond motifs is 2. The van der Waals surface area contributed by atoms with Gasteiger partial charge in [-0.25, -0.2) is 0 Å². The van der Waals surface area contributed by atoms with E-state index in [0.717, 1.165) is 36.9 Å². The lowest BCUT2D eigenvalue weighted by molar-refractivity contribution is 0.316. The van der Waals surface area contributed by atoms with Crippen molar-refractivity contribution in [2.75, 3.05) is 13.1 Å². The second-order valence-electron chi connectivity index (χ2n) is 6.38. The fraction of sp³-hybridized carbons (Fsp3) is 0.316. The minimum Gasteiger partial charge on any atom is -0.456 e. The van der Waals surface area contributed by atoms with E-state index in [2.05, 4.69) is 22.4 Å². The predicted octanol–water partition coefficient (Wildman–Crippen LogP) is 4.54. The van der Waals surface area contributed by atoms with Gasteiger partial charge in [0, 0.05) is 17.8 Å². The first-order chi connectivity index (χ1) is 11.3. The molecule has 0 unspecified atom stereocenters. The summed E-state index contributed by atoms with van der Waals surface area (Å²) in [6.45, 7) is 2.21. The van der Waals surface area contributed by atoms with E-state index in [1.807, 2.05) is 30.5 Å². The van der Waals surface area contributed by atoms with Gasteiger partial charge in [0.1, 0.15) is 11.5 Å². The summed E-state index contributed by atoms with van der Waals surface area (Å²) >= 11 is 6.01. The lowest BCUT2D eigenvalue weighted by Crippen LogP contribution is -2.37. The molecule has 0 amide bonds. The summed E-state index contributed by atoms with van der Waals surface area (Å²) in [4.78, 5) is 4.36. The van der Waals surface area contributed by atoms with Gasteiger partial charge in [-0.05, 0) is 66.6 Å². The van der Waals surface area contributed by atoms with Gasteiger partial charge in [0.15, 0.2) is 0 Å². The van der Waals surface area contributed by atoms with Crippen molar-refractivity contribution in [3.63, 3.8) is 0 Å². The number of ether oxygens (including phenoxy) is 1. The third-order valence-electron chi connectivity index (χ3n) is 4.54. The van der Waals surface area contributed by atoms with Crippen LogP contribution in [-0.2, 0) is 0 Å². The number of nitrogens with one attached hydrogen (secondary N) is 1. The summed E-state index contributed by atoms with van der Waals surface area (Å²) in [6, 6.07) is 9.50. The summed E-state index contributed by atoms with van der Waals surface area (Å²) in [5.41, 5.74) is 2.57. The molecule has 1 aliphatic heterocycles. The van der Waals surface area contributed by atoms with E-state index in [1.54, 1.807) is 6.20 Å². The van der Waals surface area contributed by atoms with Gasteiger partial charge in [0.05, 0.1) is 6.20 Å². The normalized spacial score (nSPS) is 23.3. The third kappa shape index (κ3) is 3.41. The first kappa shape index (κ1) is 14.7. The monoisotopic (exact) mass is 326 g/mol. The molecule has 23 heavy (non-hydrogen) atoms. The van der Waals surface area contributed by atoms with Crippen LogP contribution in [0.25, 0.3) is 5.57 Å². The number of rotatable bonds is 3. The molecule has 0 saturated carbocycles. The Kier molecular flexibility index (Phi) is 4.06. The van der Waals surface area contributed by atoms with Crippen molar-refractivity contribution in [2.45, 2.75) is 12.8 Å². The Balaban J connectivity index is 1.58. The molecule has 0 spiro atoms. The maximum atomic E-state index is 6.01. The standard InChI is InChI=1S/C19H19ClN2O/c20-17-2-1-3-18(8-17)23-19-7-16(11-22-12-19)15-5-13-4-14(6-15)10-21-9-13/h1-3,5,7-8,11-14,21H,4,6,9-10H2/t13-,14+/m1/s1. The molecule has 2 aromatic rings. The molecule has 2 heterocycles. The smallest absolute Gasteiger partial charge is 0.146 e. The van der Waals surface area contributed by atoms with Crippen LogP contribution in [0.15, 0.2) is 48.8 Å². The number of pyridine rings is 1. The zero-order valence-corrected chi connectivity index (χ0v) is 13.6. The minimum atomic E-state index is 0.648. The van der Waals surface area contributed by atoms with Gasteiger partial charge in [0.25, 0.3) is 0 Å². The second kappa shape index (κ2) is 6.34. The van der Waals surface area contributed by atoms with Gasteiger partial charge >= 0.3 is 0 Å². The molecule has 118 valence electrons. The first-order valence-corrected chi connectivity index (χ1v) is 8.44. The van der Waals surface area contributed by atoms with Gasteiger partial charge in [-0.3, -0.25) is 4.98 Å². The molecule has 1 aliphatic carbocycles. The predicted molar refractivity (Wildman–Crippen MR) is 92.8 cm³/mol. The van der Waals surface area contributed by atoms with E-state index in [0.29, 0.717) is 10.9 Å². The van der Waals surface area contributed by atoms with Gasteiger partial charge in [-0.15, -0.1) is 0 Å². The van der Waals surface area contributed by atoms with Crippen LogP contribution < -0.4 is 10.1 Å². The van der Waals surface area contributed by atoms with Gasteiger partial charge in [0.2, 0.25) is 0 Å². The molecular formula is C19H19ClN2O. The van der Waals surface area contributed by atoms with Gasteiger partial charge in [-0.1, -0.05) is 23.7 Å². The van der Waals surface area contributed by atoms with Crippen molar-refractivity contribution in [3.05, 3.63) is 59.4 Å². The molecule has 1 aromatic heterocycles. The zero-order valence-electron chi connectivity index (χ0n) is 12.8. The molecule has 3 nitrogen and oxygen atoms in total. The Labute approximate surface area is 141 Å². The van der Waals surface area contributed by atoms with Crippen molar-refractivity contribution < 1.29 is 4.74 Å². The van der Waals surface area contributed by atoms with Gasteiger partial charge < -0.3 is 10.1 Å². The van der Waals surface area contributed by atoms with Crippen molar-refractivity contribution in [1.29, 1.82) is 0 Å². The number of piperidine rings is 1. The van der Waals surface area contributed by atoms with Crippen LogP contribution in [0, 0.1) is 11.8 Å². The highest BCUT2D eigenvalue weighted by Crippen LogP contribution is 2.36. The minimum absolute atomic E-state index is 0.648. The summed E-state index contributed by atoms with van der Waals surface area (Å²) in [5, 5.41) is 4.18. The van der Waals surface area contributed by atoms with Crippen LogP contribution in [0.3, 0.4) is 0 Å². The van der Waals surface area contributed by atoms with E-state index in [1.165, 1.54) is 17.6 Å². The molecule has 1 N–H and O–H groups in total. The largest absolute Gasteiger partial charge is 0.456 e. The highest BCUT2D eigenvalue weighted by atomic mass is 35.5. The quantitative estimate of drug-likeness (QED) is 0.899. The summed E-state index contributed by atoms with van der Waals surface area (Å²) in [5.74, 6) is 2.87. The molecule has 2 bridgehead atoms. The van der Waals surface area contributed by atoms with Crippen molar-refractivity contribution in [3.8, 4) is 11.5 Å². The average Bonchev–Trinajstić information content (AvgIpc) is 2.55.